The summed E-state index contributed by atoms with van der Waals surface area (Å²) < 4.78 is 7.01. The van der Waals surface area contributed by atoms with Crippen LogP contribution >= 0.6 is 11.6 Å². The fourth-order valence-electron chi connectivity index (χ4n) is 2.18. The molecule has 3 rings (SSSR count). The van der Waals surface area contributed by atoms with Crippen molar-refractivity contribution in [2.24, 2.45) is 0 Å². The van der Waals surface area contributed by atoms with E-state index in [1.54, 1.807) is 11.8 Å². The molecule has 0 aliphatic rings. The van der Waals surface area contributed by atoms with Crippen LogP contribution in [0.2, 0.25) is 5.02 Å². The van der Waals surface area contributed by atoms with Crippen molar-refractivity contribution in [2.45, 2.75) is 0 Å². The van der Waals surface area contributed by atoms with Crippen LogP contribution in [0.1, 0.15) is 0 Å². The zero-order chi connectivity index (χ0) is 14.8. The normalized spacial score (nSPS) is 10.6. The van der Waals surface area contributed by atoms with Gasteiger partial charge in [-0.15, -0.1) is 0 Å². The number of nitrogens with zero attached hydrogens (tertiary/aromatic N) is 2. The van der Waals surface area contributed by atoms with Crippen LogP contribution in [0.5, 0.6) is 5.75 Å². The largest absolute Gasteiger partial charge is 0.494 e. The van der Waals surface area contributed by atoms with Crippen LogP contribution in [0, 0.1) is 0 Å². The first-order valence-corrected chi connectivity index (χ1v) is 6.81. The molecule has 0 radical (unpaired) electrons. The molecule has 0 aliphatic carbocycles. The summed E-state index contributed by atoms with van der Waals surface area (Å²) in [6.07, 6.45) is 0. The number of benzene rings is 2. The molecule has 1 heterocycles. The molecule has 0 spiro atoms. The maximum atomic E-state index is 6.08. The van der Waals surface area contributed by atoms with Gasteiger partial charge in [-0.1, -0.05) is 35.9 Å². The monoisotopic (exact) mass is 299 g/mol. The van der Waals surface area contributed by atoms with E-state index in [0.29, 0.717) is 16.6 Å². The van der Waals surface area contributed by atoms with E-state index in [2.05, 4.69) is 5.10 Å². The molecule has 21 heavy (non-hydrogen) atoms. The van der Waals surface area contributed by atoms with Gasteiger partial charge in [0.15, 0.2) is 0 Å². The fourth-order valence-corrected chi connectivity index (χ4v) is 2.37. The van der Waals surface area contributed by atoms with Crippen molar-refractivity contribution in [3.8, 4) is 22.7 Å². The van der Waals surface area contributed by atoms with E-state index in [1.807, 2.05) is 54.6 Å². The molecule has 0 aliphatic heterocycles. The van der Waals surface area contributed by atoms with Crippen molar-refractivity contribution in [2.75, 3.05) is 12.8 Å². The lowest BCUT2D eigenvalue weighted by atomic mass is 10.1. The summed E-state index contributed by atoms with van der Waals surface area (Å²) in [7, 11) is 1.62. The van der Waals surface area contributed by atoms with Gasteiger partial charge < -0.3 is 10.5 Å². The number of hydrogen-bond acceptors (Lipinski definition) is 3. The van der Waals surface area contributed by atoms with Crippen molar-refractivity contribution in [1.29, 1.82) is 0 Å². The minimum absolute atomic E-state index is 0.537. The Hall–Kier alpha value is -2.46. The Kier molecular flexibility index (Phi) is 3.54. The minimum Gasteiger partial charge on any atom is -0.494 e. The second-order valence-electron chi connectivity index (χ2n) is 4.55. The van der Waals surface area contributed by atoms with E-state index < -0.39 is 0 Å². The van der Waals surface area contributed by atoms with Gasteiger partial charge in [-0.3, -0.25) is 0 Å². The SMILES string of the molecule is COc1ccccc1-n1nc(-c2cccc(Cl)c2)cc1N. The van der Waals surface area contributed by atoms with Crippen LogP contribution < -0.4 is 10.5 Å². The highest BCUT2D eigenvalue weighted by Gasteiger charge is 2.12. The van der Waals surface area contributed by atoms with Crippen molar-refractivity contribution in [3.63, 3.8) is 0 Å². The molecular weight excluding hydrogens is 286 g/mol. The van der Waals surface area contributed by atoms with Gasteiger partial charge in [0.2, 0.25) is 0 Å². The zero-order valence-corrected chi connectivity index (χ0v) is 12.2. The lowest BCUT2D eigenvalue weighted by Gasteiger charge is -2.09. The van der Waals surface area contributed by atoms with Crippen LogP contribution in [-0.4, -0.2) is 16.9 Å². The highest BCUT2D eigenvalue weighted by Crippen LogP contribution is 2.28. The topological polar surface area (TPSA) is 53.1 Å². The van der Waals surface area contributed by atoms with Crippen molar-refractivity contribution in [1.82, 2.24) is 9.78 Å². The number of aromatic nitrogens is 2. The summed E-state index contributed by atoms with van der Waals surface area (Å²) in [5.74, 6) is 1.25. The highest BCUT2D eigenvalue weighted by atomic mass is 35.5. The third kappa shape index (κ3) is 2.58. The molecule has 0 amide bonds. The molecule has 0 atom stereocenters. The first-order valence-electron chi connectivity index (χ1n) is 6.44. The number of hydrogen-bond donors (Lipinski definition) is 1. The predicted molar refractivity (Wildman–Crippen MR) is 85.0 cm³/mol. The van der Waals surface area contributed by atoms with Crippen LogP contribution in [0.15, 0.2) is 54.6 Å². The Labute approximate surface area is 127 Å². The van der Waals surface area contributed by atoms with Crippen molar-refractivity contribution in [3.05, 3.63) is 59.6 Å². The van der Waals surface area contributed by atoms with Gasteiger partial charge in [-0.25, -0.2) is 4.68 Å². The van der Waals surface area contributed by atoms with E-state index in [4.69, 9.17) is 22.1 Å². The Bertz CT molecular complexity index is 783. The van der Waals surface area contributed by atoms with Gasteiger partial charge >= 0.3 is 0 Å². The van der Waals surface area contributed by atoms with Gasteiger partial charge in [0, 0.05) is 16.7 Å². The summed E-state index contributed by atoms with van der Waals surface area (Å²) in [6.45, 7) is 0. The molecule has 0 bridgehead atoms. The third-order valence-electron chi connectivity index (χ3n) is 3.17. The standard InChI is InChI=1S/C16H14ClN3O/c1-21-15-8-3-2-7-14(15)20-16(18)10-13(19-20)11-5-4-6-12(17)9-11/h2-10H,18H2,1H3. The molecule has 0 saturated carbocycles. The lowest BCUT2D eigenvalue weighted by Crippen LogP contribution is -2.03. The maximum absolute atomic E-state index is 6.08. The number of para-hydroxylation sites is 2. The van der Waals surface area contributed by atoms with Crippen molar-refractivity contribution < 1.29 is 4.74 Å². The van der Waals surface area contributed by atoms with E-state index >= 15 is 0 Å². The molecule has 0 unspecified atom stereocenters. The van der Waals surface area contributed by atoms with E-state index in [0.717, 1.165) is 16.9 Å². The Morgan fingerprint density at radius 3 is 2.67 bits per heavy atom. The molecular formula is C16H14ClN3O. The summed E-state index contributed by atoms with van der Waals surface area (Å²) >= 11 is 6.02. The summed E-state index contributed by atoms with van der Waals surface area (Å²) in [6, 6.07) is 16.9. The molecule has 2 aromatic carbocycles. The Balaban J connectivity index is 2.10. The van der Waals surface area contributed by atoms with Crippen LogP contribution in [0.3, 0.4) is 0 Å². The van der Waals surface area contributed by atoms with E-state index in [9.17, 15) is 0 Å². The lowest BCUT2D eigenvalue weighted by molar-refractivity contribution is 0.412. The Morgan fingerprint density at radius 2 is 1.90 bits per heavy atom. The quantitative estimate of drug-likeness (QED) is 0.800. The van der Waals surface area contributed by atoms with Gasteiger partial charge in [-0.05, 0) is 24.3 Å². The van der Waals surface area contributed by atoms with Crippen LogP contribution in [0.25, 0.3) is 16.9 Å². The molecule has 2 N–H and O–H groups in total. The van der Waals surface area contributed by atoms with Gasteiger partial charge in [0.05, 0.1) is 12.8 Å². The zero-order valence-electron chi connectivity index (χ0n) is 11.5. The number of nitrogens with two attached hydrogens (primary N) is 1. The molecule has 106 valence electrons. The van der Waals surface area contributed by atoms with Crippen LogP contribution in [-0.2, 0) is 0 Å². The Morgan fingerprint density at radius 1 is 1.10 bits per heavy atom. The smallest absolute Gasteiger partial charge is 0.144 e. The number of nitrogen functional groups attached to an aromatic ring is 1. The fraction of sp³-hybridized carbons (Fsp3) is 0.0625. The molecule has 4 nitrogen and oxygen atoms in total. The average Bonchev–Trinajstić information content (AvgIpc) is 2.89. The highest BCUT2D eigenvalue weighted by molar-refractivity contribution is 6.30. The molecule has 5 heteroatoms. The van der Waals surface area contributed by atoms with Gasteiger partial charge in [0.25, 0.3) is 0 Å². The first-order chi connectivity index (χ1) is 10.2. The molecule has 0 fully saturated rings. The predicted octanol–water partition coefficient (Wildman–Crippen LogP) is 3.78. The molecule has 1 aromatic heterocycles. The summed E-state index contributed by atoms with van der Waals surface area (Å²) in [5, 5.41) is 5.22. The van der Waals surface area contributed by atoms with E-state index in [1.165, 1.54) is 0 Å². The van der Waals surface area contributed by atoms with Gasteiger partial charge in [-0.2, -0.15) is 5.10 Å². The minimum atomic E-state index is 0.537. The number of halogens is 1. The van der Waals surface area contributed by atoms with Crippen LogP contribution in [0.4, 0.5) is 5.82 Å². The summed E-state index contributed by atoms with van der Waals surface area (Å²) in [4.78, 5) is 0. The number of methoxy groups -OCH3 is 1. The first kappa shape index (κ1) is 13.5. The second kappa shape index (κ2) is 5.50. The molecule has 0 saturated heterocycles. The number of anilines is 1. The van der Waals surface area contributed by atoms with E-state index in [-0.39, 0.29) is 0 Å². The third-order valence-corrected chi connectivity index (χ3v) is 3.41. The maximum Gasteiger partial charge on any atom is 0.144 e. The summed E-state index contributed by atoms with van der Waals surface area (Å²) in [5.41, 5.74) is 8.57. The van der Waals surface area contributed by atoms with Gasteiger partial charge in [0.1, 0.15) is 17.3 Å². The number of rotatable bonds is 3. The van der Waals surface area contributed by atoms with Crippen molar-refractivity contribution >= 4 is 17.4 Å². The second-order valence-corrected chi connectivity index (χ2v) is 4.98. The molecule has 3 aromatic rings. The average molecular weight is 300 g/mol. The number of ether oxygens (including phenoxy) is 1.